The number of anilines is 3. The SMILES string of the molecule is CC(C)CNc1cn(CC2CCN(C(C)C)CC2)c(Nc2ccccc2)c1C(=O)N(C)C=O. The van der Waals surface area contributed by atoms with E-state index in [1.165, 1.54) is 7.05 Å². The monoisotopic (exact) mass is 453 g/mol. The molecule has 0 radical (unpaired) electrons. The third-order valence-corrected chi connectivity index (χ3v) is 6.34. The van der Waals surface area contributed by atoms with Crippen molar-refractivity contribution in [1.82, 2.24) is 14.4 Å². The Kier molecular flexibility index (Phi) is 8.55. The van der Waals surface area contributed by atoms with Crippen LogP contribution in [0.4, 0.5) is 17.2 Å². The van der Waals surface area contributed by atoms with Gasteiger partial charge in [-0.3, -0.25) is 14.5 Å². The number of imide groups is 1. The summed E-state index contributed by atoms with van der Waals surface area (Å²) in [5.41, 5.74) is 2.18. The normalized spacial score (nSPS) is 15.1. The summed E-state index contributed by atoms with van der Waals surface area (Å²) in [5, 5.41) is 6.92. The van der Waals surface area contributed by atoms with E-state index in [-0.39, 0.29) is 5.91 Å². The maximum absolute atomic E-state index is 13.3. The van der Waals surface area contributed by atoms with E-state index < -0.39 is 0 Å². The average molecular weight is 454 g/mol. The Balaban J connectivity index is 1.97. The number of para-hydroxylation sites is 1. The first-order chi connectivity index (χ1) is 15.8. The molecule has 1 saturated heterocycles. The molecule has 2 aromatic rings. The third kappa shape index (κ3) is 6.38. The molecule has 0 spiro atoms. The molecule has 33 heavy (non-hydrogen) atoms. The van der Waals surface area contributed by atoms with Crippen molar-refractivity contribution in [2.24, 2.45) is 11.8 Å². The number of hydrogen-bond acceptors (Lipinski definition) is 5. The van der Waals surface area contributed by atoms with Crippen molar-refractivity contribution in [3.05, 3.63) is 42.1 Å². The lowest BCUT2D eigenvalue weighted by atomic mass is 9.96. The van der Waals surface area contributed by atoms with E-state index in [2.05, 4.69) is 47.8 Å². The maximum atomic E-state index is 13.3. The van der Waals surface area contributed by atoms with Crippen molar-refractivity contribution in [3.8, 4) is 0 Å². The fraction of sp³-hybridized carbons (Fsp3) is 0.538. The van der Waals surface area contributed by atoms with Crippen LogP contribution >= 0.6 is 0 Å². The van der Waals surface area contributed by atoms with E-state index in [9.17, 15) is 9.59 Å². The van der Waals surface area contributed by atoms with Crippen LogP contribution in [-0.4, -0.2) is 59.4 Å². The first-order valence-corrected chi connectivity index (χ1v) is 12.1. The molecule has 7 nitrogen and oxygen atoms in total. The zero-order valence-electron chi connectivity index (χ0n) is 20.7. The van der Waals surface area contributed by atoms with Crippen LogP contribution < -0.4 is 10.6 Å². The Morgan fingerprint density at radius 2 is 1.82 bits per heavy atom. The van der Waals surface area contributed by atoms with Gasteiger partial charge in [-0.05, 0) is 63.7 Å². The Morgan fingerprint density at radius 1 is 1.15 bits per heavy atom. The number of piperidine rings is 1. The summed E-state index contributed by atoms with van der Waals surface area (Å²) in [6.07, 6.45) is 4.87. The summed E-state index contributed by atoms with van der Waals surface area (Å²) >= 11 is 0. The molecule has 0 saturated carbocycles. The van der Waals surface area contributed by atoms with E-state index in [0.29, 0.717) is 29.9 Å². The number of benzene rings is 1. The van der Waals surface area contributed by atoms with E-state index in [1.807, 2.05) is 36.5 Å². The van der Waals surface area contributed by atoms with Crippen LogP contribution in [0.2, 0.25) is 0 Å². The van der Waals surface area contributed by atoms with Crippen molar-refractivity contribution in [2.45, 2.75) is 53.1 Å². The minimum Gasteiger partial charge on any atom is -0.383 e. The zero-order chi connectivity index (χ0) is 24.0. The predicted molar refractivity (Wildman–Crippen MR) is 135 cm³/mol. The highest BCUT2D eigenvalue weighted by Crippen LogP contribution is 2.33. The summed E-state index contributed by atoms with van der Waals surface area (Å²) in [6.45, 7) is 12.5. The molecular weight excluding hydrogens is 414 g/mol. The van der Waals surface area contributed by atoms with Crippen molar-refractivity contribution in [1.29, 1.82) is 0 Å². The molecule has 2 heterocycles. The number of amides is 2. The highest BCUT2D eigenvalue weighted by atomic mass is 16.2. The summed E-state index contributed by atoms with van der Waals surface area (Å²) in [4.78, 5) is 28.3. The Hall–Kier alpha value is -2.80. The maximum Gasteiger partial charge on any atom is 0.265 e. The molecule has 1 aliphatic rings. The second-order valence-corrected chi connectivity index (χ2v) is 9.78. The number of nitrogens with one attached hydrogen (secondary N) is 2. The highest BCUT2D eigenvalue weighted by Gasteiger charge is 2.28. The number of carbonyl (C=O) groups excluding carboxylic acids is 2. The molecule has 0 bridgehead atoms. The lowest BCUT2D eigenvalue weighted by Crippen LogP contribution is -2.39. The van der Waals surface area contributed by atoms with E-state index in [4.69, 9.17) is 0 Å². The van der Waals surface area contributed by atoms with Gasteiger partial charge in [-0.25, -0.2) is 0 Å². The summed E-state index contributed by atoms with van der Waals surface area (Å²) < 4.78 is 2.16. The van der Waals surface area contributed by atoms with Gasteiger partial charge in [0, 0.05) is 38.1 Å². The van der Waals surface area contributed by atoms with Gasteiger partial charge in [-0.2, -0.15) is 0 Å². The van der Waals surface area contributed by atoms with Crippen molar-refractivity contribution in [2.75, 3.05) is 37.3 Å². The molecule has 0 atom stereocenters. The van der Waals surface area contributed by atoms with Gasteiger partial charge in [0.25, 0.3) is 5.91 Å². The van der Waals surface area contributed by atoms with Crippen molar-refractivity contribution < 1.29 is 9.59 Å². The van der Waals surface area contributed by atoms with Gasteiger partial charge in [0.15, 0.2) is 0 Å². The highest BCUT2D eigenvalue weighted by molar-refractivity contribution is 6.08. The largest absolute Gasteiger partial charge is 0.383 e. The molecule has 180 valence electrons. The van der Waals surface area contributed by atoms with E-state index in [0.717, 1.165) is 61.1 Å². The van der Waals surface area contributed by atoms with Crippen LogP contribution in [0.25, 0.3) is 0 Å². The van der Waals surface area contributed by atoms with Gasteiger partial charge in [-0.1, -0.05) is 32.0 Å². The number of nitrogens with zero attached hydrogens (tertiary/aromatic N) is 3. The molecule has 2 N–H and O–H groups in total. The summed E-state index contributed by atoms with van der Waals surface area (Å²) in [7, 11) is 1.51. The smallest absolute Gasteiger partial charge is 0.265 e. The summed E-state index contributed by atoms with van der Waals surface area (Å²) in [5.74, 6) is 1.37. The molecule has 1 aromatic carbocycles. The van der Waals surface area contributed by atoms with Gasteiger partial charge in [-0.15, -0.1) is 0 Å². The zero-order valence-corrected chi connectivity index (χ0v) is 20.7. The Morgan fingerprint density at radius 3 is 2.39 bits per heavy atom. The number of hydrogen-bond donors (Lipinski definition) is 2. The molecular formula is C26H39N5O2. The van der Waals surface area contributed by atoms with Crippen LogP contribution in [0.1, 0.15) is 50.9 Å². The van der Waals surface area contributed by atoms with Crippen LogP contribution in [0.5, 0.6) is 0 Å². The lowest BCUT2D eigenvalue weighted by Gasteiger charge is -2.35. The molecule has 0 unspecified atom stereocenters. The number of carbonyl (C=O) groups is 2. The molecule has 0 aliphatic carbocycles. The van der Waals surface area contributed by atoms with Crippen LogP contribution in [0.3, 0.4) is 0 Å². The molecule has 7 heteroatoms. The Labute approximate surface area is 198 Å². The first-order valence-electron chi connectivity index (χ1n) is 12.1. The molecule has 1 fully saturated rings. The molecule has 3 rings (SSSR count). The summed E-state index contributed by atoms with van der Waals surface area (Å²) in [6, 6.07) is 10.4. The topological polar surface area (TPSA) is 69.6 Å². The van der Waals surface area contributed by atoms with Crippen LogP contribution in [0.15, 0.2) is 36.5 Å². The van der Waals surface area contributed by atoms with Gasteiger partial charge in [0.1, 0.15) is 11.4 Å². The minimum atomic E-state index is -0.317. The standard InChI is InChI=1S/C26H39N5O2/c1-19(2)15-27-23-17-31(16-21-11-13-30(14-12-21)20(3)4)25(24(23)26(33)29(5)18-32)28-22-9-7-6-8-10-22/h6-10,17-21,27-28H,11-16H2,1-5H3. The van der Waals surface area contributed by atoms with Crippen molar-refractivity contribution in [3.63, 3.8) is 0 Å². The second kappa shape index (κ2) is 11.4. The Bertz CT molecular complexity index is 914. The predicted octanol–water partition coefficient (Wildman–Crippen LogP) is 4.65. The quantitative estimate of drug-likeness (QED) is 0.513. The molecule has 1 aliphatic heterocycles. The number of aromatic nitrogens is 1. The van der Waals surface area contributed by atoms with Gasteiger partial charge in [0.2, 0.25) is 6.41 Å². The fourth-order valence-electron chi connectivity index (χ4n) is 4.31. The second-order valence-electron chi connectivity index (χ2n) is 9.78. The lowest BCUT2D eigenvalue weighted by molar-refractivity contribution is -0.115. The molecule has 1 aromatic heterocycles. The van der Waals surface area contributed by atoms with E-state index in [1.54, 1.807) is 0 Å². The van der Waals surface area contributed by atoms with Gasteiger partial charge < -0.3 is 20.1 Å². The fourth-order valence-corrected chi connectivity index (χ4v) is 4.31. The van der Waals surface area contributed by atoms with Gasteiger partial charge in [0.05, 0.1) is 5.69 Å². The van der Waals surface area contributed by atoms with Crippen molar-refractivity contribution >= 4 is 29.5 Å². The number of rotatable bonds is 10. The minimum absolute atomic E-state index is 0.317. The van der Waals surface area contributed by atoms with Crippen LogP contribution in [0, 0.1) is 11.8 Å². The van der Waals surface area contributed by atoms with Gasteiger partial charge >= 0.3 is 0 Å². The average Bonchev–Trinajstić information content (AvgIpc) is 3.14. The van der Waals surface area contributed by atoms with Crippen LogP contribution in [-0.2, 0) is 11.3 Å². The molecule has 2 amide bonds. The third-order valence-electron chi connectivity index (χ3n) is 6.34. The van der Waals surface area contributed by atoms with E-state index >= 15 is 0 Å². The first kappa shape index (κ1) is 24.8. The number of likely N-dealkylation sites (tertiary alicyclic amines) is 1.